The van der Waals surface area contributed by atoms with E-state index in [1.807, 2.05) is 0 Å². The predicted molar refractivity (Wildman–Crippen MR) is 117 cm³/mol. The number of hydrogen-bond acceptors (Lipinski definition) is 4. The van der Waals surface area contributed by atoms with E-state index in [1.165, 1.54) is 38.8 Å². The topological polar surface area (TPSA) is 30.5 Å². The fourth-order valence-corrected chi connectivity index (χ4v) is 3.10. The molecule has 26 heavy (non-hydrogen) atoms. The van der Waals surface area contributed by atoms with Crippen molar-refractivity contribution in [2.24, 2.45) is 0 Å². The largest absolute Gasteiger partial charge is 0.304 e. The van der Waals surface area contributed by atoms with Gasteiger partial charge in [0.2, 0.25) is 0 Å². The van der Waals surface area contributed by atoms with Crippen LogP contribution in [0.3, 0.4) is 0 Å². The molecule has 0 aliphatic heterocycles. The Balaban J connectivity index is 3.63. The maximum absolute atomic E-state index is 3.51. The minimum atomic E-state index is 0.548. The summed E-state index contributed by atoms with van der Waals surface area (Å²) in [6.45, 7) is 22.1. The van der Waals surface area contributed by atoms with Crippen molar-refractivity contribution >= 4 is 0 Å². The van der Waals surface area contributed by atoms with Crippen LogP contribution in [-0.2, 0) is 0 Å². The van der Waals surface area contributed by atoms with Crippen molar-refractivity contribution in [3.05, 3.63) is 0 Å². The van der Waals surface area contributed by atoms with Crippen LogP contribution in [0.5, 0.6) is 0 Å². The van der Waals surface area contributed by atoms with Gasteiger partial charge in [-0.25, -0.2) is 0 Å². The molecule has 0 unspecified atom stereocenters. The third-order valence-corrected chi connectivity index (χ3v) is 5.21. The van der Waals surface area contributed by atoms with Crippen molar-refractivity contribution < 1.29 is 0 Å². The Kier molecular flexibility index (Phi) is 17.4. The average Bonchev–Trinajstić information content (AvgIpc) is 2.65. The Bertz CT molecular complexity index is 321. The zero-order valence-electron chi connectivity index (χ0n) is 18.5. The fourth-order valence-electron chi connectivity index (χ4n) is 3.10. The molecule has 0 aromatic rings. The molecule has 0 radical (unpaired) electrons. The lowest BCUT2D eigenvalue weighted by Crippen LogP contribution is -2.30. The molecule has 2 atom stereocenters. The molecule has 0 rings (SSSR count). The Labute approximate surface area is 164 Å². The number of nitrogens with zero attached hydrogens (tertiary/aromatic N) is 2. The normalized spacial score (nSPS) is 13.7. The van der Waals surface area contributed by atoms with Gasteiger partial charge in [-0.1, -0.05) is 39.5 Å². The molecular formula is C22H46N4. The Morgan fingerprint density at radius 1 is 0.654 bits per heavy atom. The average molecular weight is 367 g/mol. The van der Waals surface area contributed by atoms with E-state index in [4.69, 9.17) is 0 Å². The second-order valence-electron chi connectivity index (χ2n) is 7.26. The third kappa shape index (κ3) is 14.6. The van der Waals surface area contributed by atoms with Gasteiger partial charge in [0.25, 0.3) is 0 Å². The van der Waals surface area contributed by atoms with Gasteiger partial charge in [-0.05, 0) is 78.8 Å². The maximum atomic E-state index is 3.51. The van der Waals surface area contributed by atoms with Crippen molar-refractivity contribution in [2.75, 3.05) is 52.4 Å². The monoisotopic (exact) mass is 366 g/mol. The summed E-state index contributed by atoms with van der Waals surface area (Å²) >= 11 is 0. The standard InChI is InChI=1S/C22H46N4/c1-7-25(8-2)19-13-15-21(5)23-17-11-12-18-24-22(6)16-14-20-26(9-3)10-4/h21-24H,7-10,13-20H2,1-6H3/t21-,22-/m0/s1. The summed E-state index contributed by atoms with van der Waals surface area (Å²) in [6, 6.07) is 1.10. The van der Waals surface area contributed by atoms with Crippen LogP contribution in [-0.4, -0.2) is 74.2 Å². The van der Waals surface area contributed by atoms with Crippen molar-refractivity contribution in [1.82, 2.24) is 20.4 Å². The van der Waals surface area contributed by atoms with Gasteiger partial charge in [-0.3, -0.25) is 0 Å². The molecule has 0 amide bonds. The minimum Gasteiger partial charge on any atom is -0.304 e. The quantitative estimate of drug-likeness (QED) is 0.411. The van der Waals surface area contributed by atoms with Crippen molar-refractivity contribution in [2.45, 2.75) is 79.3 Å². The smallest absolute Gasteiger partial charge is 0.0579 e. The molecule has 0 saturated carbocycles. The summed E-state index contributed by atoms with van der Waals surface area (Å²) in [7, 11) is 0. The first kappa shape index (κ1) is 25.4. The highest BCUT2D eigenvalue weighted by atomic mass is 15.1. The van der Waals surface area contributed by atoms with Crippen LogP contribution in [0.4, 0.5) is 0 Å². The molecule has 0 aromatic carbocycles. The molecule has 0 bridgehead atoms. The second kappa shape index (κ2) is 17.8. The van der Waals surface area contributed by atoms with Crippen LogP contribution in [0.25, 0.3) is 0 Å². The van der Waals surface area contributed by atoms with Gasteiger partial charge in [0.1, 0.15) is 0 Å². The summed E-state index contributed by atoms with van der Waals surface area (Å²) in [5.74, 6) is 6.49. The molecule has 0 aliphatic rings. The molecule has 2 N–H and O–H groups in total. The Morgan fingerprint density at radius 3 is 1.31 bits per heavy atom. The lowest BCUT2D eigenvalue weighted by molar-refractivity contribution is 0.291. The highest BCUT2D eigenvalue weighted by Gasteiger charge is 2.04. The summed E-state index contributed by atoms with van der Waals surface area (Å²) < 4.78 is 0. The predicted octanol–water partition coefficient (Wildman–Crippen LogP) is 3.19. The summed E-state index contributed by atoms with van der Waals surface area (Å²) in [5, 5.41) is 7.03. The van der Waals surface area contributed by atoms with E-state index in [9.17, 15) is 0 Å². The lowest BCUT2D eigenvalue weighted by atomic mass is 10.1. The molecule has 0 aliphatic carbocycles. The molecule has 0 fully saturated rings. The van der Waals surface area contributed by atoms with E-state index in [0.29, 0.717) is 12.1 Å². The number of hydrogen-bond donors (Lipinski definition) is 2. The second-order valence-corrected chi connectivity index (χ2v) is 7.26. The molecule has 0 saturated heterocycles. The first-order valence-corrected chi connectivity index (χ1v) is 10.9. The fraction of sp³-hybridized carbons (Fsp3) is 0.909. The lowest BCUT2D eigenvalue weighted by Gasteiger charge is -2.19. The Morgan fingerprint density at radius 2 is 1.00 bits per heavy atom. The van der Waals surface area contributed by atoms with Crippen LogP contribution in [0, 0.1) is 11.8 Å². The molecule has 0 aromatic heterocycles. The van der Waals surface area contributed by atoms with Gasteiger partial charge in [0.05, 0.1) is 13.1 Å². The SMILES string of the molecule is CCN(CC)CCC[C@H](C)NCC#CCN[C@@H](C)CCCN(CC)CC. The summed E-state index contributed by atoms with van der Waals surface area (Å²) in [5.41, 5.74) is 0. The first-order chi connectivity index (χ1) is 12.6. The number of nitrogens with one attached hydrogen (secondary N) is 2. The highest BCUT2D eigenvalue weighted by molar-refractivity contribution is 5.03. The highest BCUT2D eigenvalue weighted by Crippen LogP contribution is 2.00. The van der Waals surface area contributed by atoms with E-state index >= 15 is 0 Å². The zero-order valence-corrected chi connectivity index (χ0v) is 18.5. The minimum absolute atomic E-state index is 0.548. The van der Waals surface area contributed by atoms with Crippen LogP contribution in [0.2, 0.25) is 0 Å². The first-order valence-electron chi connectivity index (χ1n) is 10.9. The van der Waals surface area contributed by atoms with E-state index < -0.39 is 0 Å². The Hall–Kier alpha value is -0.600. The molecule has 0 spiro atoms. The van der Waals surface area contributed by atoms with Gasteiger partial charge in [0, 0.05) is 12.1 Å². The van der Waals surface area contributed by atoms with Crippen molar-refractivity contribution in [3.63, 3.8) is 0 Å². The molecular weight excluding hydrogens is 320 g/mol. The van der Waals surface area contributed by atoms with E-state index in [-0.39, 0.29) is 0 Å². The third-order valence-electron chi connectivity index (χ3n) is 5.21. The zero-order chi connectivity index (χ0) is 19.6. The molecule has 4 nitrogen and oxygen atoms in total. The van der Waals surface area contributed by atoms with Crippen LogP contribution in [0.1, 0.15) is 67.2 Å². The van der Waals surface area contributed by atoms with Gasteiger partial charge >= 0.3 is 0 Å². The maximum Gasteiger partial charge on any atom is 0.0579 e. The van der Waals surface area contributed by atoms with Gasteiger partial charge in [-0.15, -0.1) is 0 Å². The van der Waals surface area contributed by atoms with E-state index in [0.717, 1.165) is 39.3 Å². The molecule has 0 heterocycles. The van der Waals surface area contributed by atoms with Gasteiger partial charge in [-0.2, -0.15) is 0 Å². The number of rotatable bonds is 16. The van der Waals surface area contributed by atoms with Crippen molar-refractivity contribution in [1.29, 1.82) is 0 Å². The van der Waals surface area contributed by atoms with Gasteiger partial charge in [0.15, 0.2) is 0 Å². The summed E-state index contributed by atoms with van der Waals surface area (Å²) in [4.78, 5) is 4.97. The van der Waals surface area contributed by atoms with E-state index in [2.05, 4.69) is 73.8 Å². The van der Waals surface area contributed by atoms with E-state index in [1.54, 1.807) is 0 Å². The molecule has 4 heteroatoms. The van der Waals surface area contributed by atoms with Crippen LogP contribution >= 0.6 is 0 Å². The van der Waals surface area contributed by atoms with Crippen LogP contribution in [0.15, 0.2) is 0 Å². The summed E-state index contributed by atoms with van der Waals surface area (Å²) in [6.07, 6.45) is 4.96. The van der Waals surface area contributed by atoms with Gasteiger partial charge < -0.3 is 20.4 Å². The van der Waals surface area contributed by atoms with Crippen LogP contribution < -0.4 is 10.6 Å². The molecule has 154 valence electrons. The van der Waals surface area contributed by atoms with Crippen molar-refractivity contribution in [3.8, 4) is 11.8 Å².